The molecular formula is C13H23N3O. The molecule has 4 nitrogen and oxygen atoms in total. The van der Waals surface area contributed by atoms with E-state index < -0.39 is 0 Å². The van der Waals surface area contributed by atoms with Gasteiger partial charge in [0, 0.05) is 38.1 Å². The first-order valence-electron chi connectivity index (χ1n) is 6.54. The summed E-state index contributed by atoms with van der Waals surface area (Å²) in [6, 6.07) is 4.33. The monoisotopic (exact) mass is 237 g/mol. The van der Waals surface area contributed by atoms with E-state index in [1.165, 1.54) is 5.69 Å². The van der Waals surface area contributed by atoms with E-state index in [0.717, 1.165) is 58.8 Å². The molecule has 1 saturated heterocycles. The van der Waals surface area contributed by atoms with Crippen LogP contribution < -0.4 is 5.73 Å². The lowest BCUT2D eigenvalue weighted by Crippen LogP contribution is -2.38. The van der Waals surface area contributed by atoms with Crippen molar-refractivity contribution in [3.63, 3.8) is 0 Å². The second kappa shape index (κ2) is 6.79. The van der Waals surface area contributed by atoms with Crippen molar-refractivity contribution in [3.05, 3.63) is 24.0 Å². The highest BCUT2D eigenvalue weighted by Gasteiger charge is 2.10. The first-order valence-corrected chi connectivity index (χ1v) is 6.54. The van der Waals surface area contributed by atoms with Crippen molar-refractivity contribution in [1.29, 1.82) is 0 Å². The maximum Gasteiger partial charge on any atom is 0.0594 e. The molecule has 1 aromatic rings. The van der Waals surface area contributed by atoms with Gasteiger partial charge < -0.3 is 15.0 Å². The Morgan fingerprint density at radius 2 is 2.06 bits per heavy atom. The highest BCUT2D eigenvalue weighted by molar-refractivity contribution is 5.07. The maximum absolute atomic E-state index is 5.55. The number of hydrogen-bond acceptors (Lipinski definition) is 3. The summed E-state index contributed by atoms with van der Waals surface area (Å²) in [6.45, 7) is 6.87. The Kier molecular flexibility index (Phi) is 5.04. The van der Waals surface area contributed by atoms with Crippen LogP contribution in [0.25, 0.3) is 0 Å². The number of hydrogen-bond donors (Lipinski definition) is 1. The van der Waals surface area contributed by atoms with E-state index in [4.69, 9.17) is 10.5 Å². The van der Waals surface area contributed by atoms with Gasteiger partial charge in [0.05, 0.1) is 13.2 Å². The standard InChI is InChI=1S/C13H23N3O/c14-5-1-3-13-4-2-6-16(13)8-7-15-9-11-17-12-10-15/h2,4,6H,1,3,5,7-12,14H2. The molecule has 0 aliphatic carbocycles. The summed E-state index contributed by atoms with van der Waals surface area (Å²) in [5.74, 6) is 0. The molecule has 4 heteroatoms. The quantitative estimate of drug-likeness (QED) is 0.792. The van der Waals surface area contributed by atoms with Crippen molar-refractivity contribution in [2.75, 3.05) is 39.4 Å². The van der Waals surface area contributed by atoms with Crippen molar-refractivity contribution in [3.8, 4) is 0 Å². The molecule has 17 heavy (non-hydrogen) atoms. The molecule has 0 spiro atoms. The number of aryl methyl sites for hydroxylation is 1. The average molecular weight is 237 g/mol. The minimum Gasteiger partial charge on any atom is -0.379 e. The molecule has 0 amide bonds. The molecule has 2 rings (SSSR count). The van der Waals surface area contributed by atoms with E-state index in [2.05, 4.69) is 27.8 Å². The van der Waals surface area contributed by atoms with E-state index in [1.807, 2.05) is 0 Å². The van der Waals surface area contributed by atoms with Crippen molar-refractivity contribution >= 4 is 0 Å². The fourth-order valence-corrected chi connectivity index (χ4v) is 2.25. The second-order valence-corrected chi connectivity index (χ2v) is 4.54. The predicted octanol–water partition coefficient (Wildman–Crippen LogP) is 0.712. The molecule has 1 fully saturated rings. The van der Waals surface area contributed by atoms with Crippen LogP contribution in [0.3, 0.4) is 0 Å². The normalized spacial score (nSPS) is 17.5. The van der Waals surface area contributed by atoms with Gasteiger partial charge >= 0.3 is 0 Å². The zero-order chi connectivity index (χ0) is 11.9. The second-order valence-electron chi connectivity index (χ2n) is 4.54. The van der Waals surface area contributed by atoms with Crippen molar-refractivity contribution in [2.24, 2.45) is 5.73 Å². The molecule has 1 aromatic heterocycles. The molecule has 0 unspecified atom stereocenters. The Balaban J connectivity index is 1.79. The Morgan fingerprint density at radius 3 is 2.82 bits per heavy atom. The SMILES string of the molecule is NCCCc1cccn1CCN1CCOCC1. The van der Waals surface area contributed by atoms with Crippen LogP contribution in [0.15, 0.2) is 18.3 Å². The number of nitrogens with two attached hydrogens (primary N) is 1. The van der Waals surface area contributed by atoms with Crippen molar-refractivity contribution < 1.29 is 4.74 Å². The van der Waals surface area contributed by atoms with Gasteiger partial charge in [0.25, 0.3) is 0 Å². The molecule has 0 radical (unpaired) electrons. The van der Waals surface area contributed by atoms with Gasteiger partial charge in [-0.1, -0.05) is 0 Å². The number of ether oxygens (including phenoxy) is 1. The van der Waals surface area contributed by atoms with E-state index in [0.29, 0.717) is 0 Å². The molecule has 96 valence electrons. The van der Waals surface area contributed by atoms with E-state index in [1.54, 1.807) is 0 Å². The Morgan fingerprint density at radius 1 is 1.24 bits per heavy atom. The summed E-state index contributed by atoms with van der Waals surface area (Å²) in [4.78, 5) is 2.47. The average Bonchev–Trinajstić information content (AvgIpc) is 2.82. The predicted molar refractivity (Wildman–Crippen MR) is 69.1 cm³/mol. The fourth-order valence-electron chi connectivity index (χ4n) is 2.25. The highest BCUT2D eigenvalue weighted by atomic mass is 16.5. The molecule has 2 N–H and O–H groups in total. The summed E-state index contributed by atoms with van der Waals surface area (Å²) in [7, 11) is 0. The molecule has 0 atom stereocenters. The third-order valence-corrected chi connectivity index (χ3v) is 3.32. The van der Waals surface area contributed by atoms with Gasteiger partial charge in [-0.3, -0.25) is 4.90 Å². The van der Waals surface area contributed by atoms with Crippen LogP contribution in [-0.2, 0) is 17.7 Å². The molecule has 0 bridgehead atoms. The first kappa shape index (κ1) is 12.6. The zero-order valence-electron chi connectivity index (χ0n) is 10.5. The van der Waals surface area contributed by atoms with E-state index >= 15 is 0 Å². The van der Waals surface area contributed by atoms with Crippen LogP contribution in [-0.4, -0.2) is 48.9 Å². The van der Waals surface area contributed by atoms with E-state index in [9.17, 15) is 0 Å². The van der Waals surface area contributed by atoms with Crippen LogP contribution in [0, 0.1) is 0 Å². The number of morpholine rings is 1. The minimum absolute atomic E-state index is 0.772. The molecule has 1 aliphatic heterocycles. The lowest BCUT2D eigenvalue weighted by Gasteiger charge is -2.27. The van der Waals surface area contributed by atoms with Crippen molar-refractivity contribution in [1.82, 2.24) is 9.47 Å². The topological polar surface area (TPSA) is 43.4 Å². The summed E-state index contributed by atoms with van der Waals surface area (Å²) in [6.07, 6.45) is 4.33. The molecule has 1 aliphatic rings. The smallest absolute Gasteiger partial charge is 0.0594 e. The lowest BCUT2D eigenvalue weighted by atomic mass is 10.2. The van der Waals surface area contributed by atoms with Gasteiger partial charge in [-0.25, -0.2) is 0 Å². The third-order valence-electron chi connectivity index (χ3n) is 3.32. The molecule has 0 saturated carbocycles. The van der Waals surface area contributed by atoms with Gasteiger partial charge in [-0.15, -0.1) is 0 Å². The number of rotatable bonds is 6. The molecule has 2 heterocycles. The lowest BCUT2D eigenvalue weighted by molar-refractivity contribution is 0.0363. The molecular weight excluding hydrogens is 214 g/mol. The number of aromatic nitrogens is 1. The Hall–Kier alpha value is -0.840. The summed E-state index contributed by atoms with van der Waals surface area (Å²) < 4.78 is 7.70. The Labute approximate surface area is 103 Å². The van der Waals surface area contributed by atoms with Crippen LogP contribution in [0.4, 0.5) is 0 Å². The molecule has 0 aromatic carbocycles. The zero-order valence-corrected chi connectivity index (χ0v) is 10.5. The van der Waals surface area contributed by atoms with Gasteiger partial charge in [-0.2, -0.15) is 0 Å². The fraction of sp³-hybridized carbons (Fsp3) is 0.692. The van der Waals surface area contributed by atoms with Gasteiger partial charge in [0.2, 0.25) is 0 Å². The van der Waals surface area contributed by atoms with Crippen LogP contribution in [0.2, 0.25) is 0 Å². The minimum atomic E-state index is 0.772. The summed E-state index contributed by atoms with van der Waals surface area (Å²) in [5.41, 5.74) is 6.96. The first-order chi connectivity index (χ1) is 8.40. The third kappa shape index (κ3) is 3.84. The maximum atomic E-state index is 5.55. The Bertz CT molecular complexity index is 318. The van der Waals surface area contributed by atoms with Crippen LogP contribution >= 0.6 is 0 Å². The van der Waals surface area contributed by atoms with E-state index in [-0.39, 0.29) is 0 Å². The van der Waals surface area contributed by atoms with Crippen LogP contribution in [0.1, 0.15) is 12.1 Å². The largest absolute Gasteiger partial charge is 0.379 e. The van der Waals surface area contributed by atoms with Gasteiger partial charge in [0.15, 0.2) is 0 Å². The highest BCUT2D eigenvalue weighted by Crippen LogP contribution is 2.06. The summed E-state index contributed by atoms with van der Waals surface area (Å²) >= 11 is 0. The van der Waals surface area contributed by atoms with Crippen LogP contribution in [0.5, 0.6) is 0 Å². The van der Waals surface area contributed by atoms with Crippen molar-refractivity contribution in [2.45, 2.75) is 19.4 Å². The van der Waals surface area contributed by atoms with Gasteiger partial charge in [-0.05, 0) is 31.5 Å². The van der Waals surface area contributed by atoms with Gasteiger partial charge in [0.1, 0.15) is 0 Å². The number of nitrogens with zero attached hydrogens (tertiary/aromatic N) is 2. The summed E-state index contributed by atoms with van der Waals surface area (Å²) in [5, 5.41) is 0.